The SMILES string of the molecule is CCC(CC)C(=O)N1CCC(Cc2nc(C3CC3)n[nH]2)C1. The quantitative estimate of drug-likeness (QED) is 0.875. The number of carbonyl (C=O) groups is 1. The van der Waals surface area contributed by atoms with Gasteiger partial charge in [-0.25, -0.2) is 4.98 Å². The van der Waals surface area contributed by atoms with Crippen LogP contribution in [0.15, 0.2) is 0 Å². The Morgan fingerprint density at radius 2 is 2.10 bits per heavy atom. The molecule has 0 bridgehead atoms. The first kappa shape index (κ1) is 14.5. The molecule has 1 aromatic heterocycles. The normalized spacial score (nSPS) is 22.2. The lowest BCUT2D eigenvalue weighted by Gasteiger charge is -2.21. The topological polar surface area (TPSA) is 61.9 Å². The number of nitrogens with zero attached hydrogens (tertiary/aromatic N) is 3. The molecule has 1 saturated carbocycles. The summed E-state index contributed by atoms with van der Waals surface area (Å²) in [7, 11) is 0. The summed E-state index contributed by atoms with van der Waals surface area (Å²) in [5, 5.41) is 7.39. The molecule has 3 rings (SSSR count). The summed E-state index contributed by atoms with van der Waals surface area (Å²) in [6.45, 7) is 6.00. The Labute approximate surface area is 126 Å². The first-order valence-corrected chi connectivity index (χ1v) is 8.41. The lowest BCUT2D eigenvalue weighted by Crippen LogP contribution is -2.34. The van der Waals surface area contributed by atoms with Gasteiger partial charge in [0.1, 0.15) is 5.82 Å². The fourth-order valence-electron chi connectivity index (χ4n) is 3.29. The minimum absolute atomic E-state index is 0.204. The monoisotopic (exact) mass is 290 g/mol. The van der Waals surface area contributed by atoms with Crippen molar-refractivity contribution >= 4 is 5.91 Å². The Bertz CT molecular complexity index is 490. The Balaban J connectivity index is 1.52. The van der Waals surface area contributed by atoms with E-state index < -0.39 is 0 Å². The number of rotatable bonds is 6. The summed E-state index contributed by atoms with van der Waals surface area (Å²) in [6, 6.07) is 0. The van der Waals surface area contributed by atoms with E-state index in [9.17, 15) is 4.79 Å². The van der Waals surface area contributed by atoms with Gasteiger partial charge >= 0.3 is 0 Å². The van der Waals surface area contributed by atoms with Gasteiger partial charge in [0.05, 0.1) is 0 Å². The van der Waals surface area contributed by atoms with Crippen LogP contribution in [0.25, 0.3) is 0 Å². The van der Waals surface area contributed by atoms with Gasteiger partial charge < -0.3 is 4.90 Å². The second-order valence-electron chi connectivity index (χ2n) is 6.57. The van der Waals surface area contributed by atoms with E-state index in [-0.39, 0.29) is 5.92 Å². The molecule has 116 valence electrons. The number of aromatic amines is 1. The van der Waals surface area contributed by atoms with Crippen molar-refractivity contribution in [3.05, 3.63) is 11.6 Å². The summed E-state index contributed by atoms with van der Waals surface area (Å²) in [6.07, 6.45) is 6.38. The van der Waals surface area contributed by atoms with Gasteiger partial charge in [-0.05, 0) is 38.0 Å². The molecule has 2 heterocycles. The molecule has 2 fully saturated rings. The molecule has 21 heavy (non-hydrogen) atoms. The highest BCUT2D eigenvalue weighted by Gasteiger charge is 2.31. The standard InChI is InChI=1S/C16H26N4O/c1-3-12(4-2)16(21)20-8-7-11(10-20)9-14-17-15(19-18-14)13-5-6-13/h11-13H,3-10H2,1-2H3,(H,17,18,19). The predicted molar refractivity (Wildman–Crippen MR) is 80.8 cm³/mol. The molecule has 5 heteroatoms. The third-order valence-corrected chi connectivity index (χ3v) is 4.91. The molecule has 1 aliphatic carbocycles. The van der Waals surface area contributed by atoms with Crippen molar-refractivity contribution in [2.24, 2.45) is 11.8 Å². The van der Waals surface area contributed by atoms with E-state index in [1.165, 1.54) is 12.8 Å². The maximum atomic E-state index is 12.4. The number of hydrogen-bond donors (Lipinski definition) is 1. The van der Waals surface area contributed by atoms with Crippen LogP contribution in [0.5, 0.6) is 0 Å². The van der Waals surface area contributed by atoms with Gasteiger partial charge in [0.15, 0.2) is 5.82 Å². The van der Waals surface area contributed by atoms with Crippen LogP contribution in [0.1, 0.15) is 63.5 Å². The Morgan fingerprint density at radius 1 is 1.33 bits per heavy atom. The van der Waals surface area contributed by atoms with Crippen molar-refractivity contribution in [1.29, 1.82) is 0 Å². The molecule has 5 nitrogen and oxygen atoms in total. The van der Waals surface area contributed by atoms with Crippen LogP contribution in [0.3, 0.4) is 0 Å². The van der Waals surface area contributed by atoms with Crippen LogP contribution in [-0.2, 0) is 11.2 Å². The molecule has 0 spiro atoms. The van der Waals surface area contributed by atoms with Gasteiger partial charge in [0, 0.05) is 31.3 Å². The molecule has 1 aliphatic heterocycles. The van der Waals surface area contributed by atoms with Crippen molar-refractivity contribution < 1.29 is 4.79 Å². The van der Waals surface area contributed by atoms with E-state index in [0.29, 0.717) is 17.7 Å². The first-order valence-electron chi connectivity index (χ1n) is 8.41. The number of hydrogen-bond acceptors (Lipinski definition) is 3. The van der Waals surface area contributed by atoms with Crippen LogP contribution in [0.2, 0.25) is 0 Å². The van der Waals surface area contributed by atoms with Gasteiger partial charge in [0.25, 0.3) is 0 Å². The zero-order chi connectivity index (χ0) is 14.8. The van der Waals surface area contributed by atoms with Gasteiger partial charge in [-0.3, -0.25) is 9.89 Å². The summed E-state index contributed by atoms with van der Waals surface area (Å²) in [5.74, 6) is 3.68. The maximum Gasteiger partial charge on any atom is 0.225 e. The van der Waals surface area contributed by atoms with Crippen LogP contribution >= 0.6 is 0 Å². The van der Waals surface area contributed by atoms with Crippen LogP contribution in [-0.4, -0.2) is 39.1 Å². The number of amides is 1. The largest absolute Gasteiger partial charge is 0.342 e. The second kappa shape index (κ2) is 6.16. The average Bonchev–Trinajstić information content (AvgIpc) is 3.06. The van der Waals surface area contributed by atoms with E-state index >= 15 is 0 Å². The number of carbonyl (C=O) groups excluding carboxylic acids is 1. The van der Waals surface area contributed by atoms with E-state index in [1.54, 1.807) is 0 Å². The van der Waals surface area contributed by atoms with Gasteiger partial charge in [0.2, 0.25) is 5.91 Å². The summed E-state index contributed by atoms with van der Waals surface area (Å²) < 4.78 is 0. The third kappa shape index (κ3) is 3.27. The highest BCUT2D eigenvalue weighted by Crippen LogP contribution is 2.37. The van der Waals surface area contributed by atoms with Crippen LogP contribution in [0, 0.1) is 11.8 Å². The fraction of sp³-hybridized carbons (Fsp3) is 0.812. The number of H-pyrrole nitrogens is 1. The zero-order valence-corrected chi connectivity index (χ0v) is 13.1. The average molecular weight is 290 g/mol. The minimum atomic E-state index is 0.204. The van der Waals surface area contributed by atoms with Crippen LogP contribution < -0.4 is 0 Å². The predicted octanol–water partition coefficient (Wildman–Crippen LogP) is 2.51. The molecule has 0 aromatic carbocycles. The Kier molecular flexibility index (Phi) is 4.27. The molecule has 0 radical (unpaired) electrons. The number of nitrogens with one attached hydrogen (secondary N) is 1. The summed E-state index contributed by atoms with van der Waals surface area (Å²) in [5.41, 5.74) is 0. The first-order chi connectivity index (χ1) is 10.2. The maximum absolute atomic E-state index is 12.4. The lowest BCUT2D eigenvalue weighted by atomic mass is 10.0. The van der Waals surface area contributed by atoms with Crippen molar-refractivity contribution in [1.82, 2.24) is 20.1 Å². The fourth-order valence-corrected chi connectivity index (χ4v) is 3.29. The highest BCUT2D eigenvalue weighted by atomic mass is 16.2. The molecule has 1 aromatic rings. The molecular formula is C16H26N4O. The highest BCUT2D eigenvalue weighted by molar-refractivity contribution is 5.79. The molecule has 1 amide bonds. The van der Waals surface area contributed by atoms with Crippen LogP contribution in [0.4, 0.5) is 0 Å². The minimum Gasteiger partial charge on any atom is -0.342 e. The summed E-state index contributed by atoms with van der Waals surface area (Å²) >= 11 is 0. The third-order valence-electron chi connectivity index (χ3n) is 4.91. The van der Waals surface area contributed by atoms with Gasteiger partial charge in [-0.2, -0.15) is 5.10 Å². The van der Waals surface area contributed by atoms with Crippen molar-refractivity contribution in [2.45, 2.75) is 58.3 Å². The Hall–Kier alpha value is -1.39. The molecule has 1 unspecified atom stereocenters. The van der Waals surface area contributed by atoms with E-state index in [0.717, 1.165) is 50.4 Å². The number of likely N-dealkylation sites (tertiary alicyclic amines) is 1. The van der Waals surface area contributed by atoms with E-state index in [4.69, 9.17) is 0 Å². The molecule has 1 saturated heterocycles. The number of aromatic nitrogens is 3. The van der Waals surface area contributed by atoms with Gasteiger partial charge in [-0.15, -0.1) is 0 Å². The van der Waals surface area contributed by atoms with E-state index in [2.05, 4.69) is 33.9 Å². The zero-order valence-electron chi connectivity index (χ0n) is 13.1. The van der Waals surface area contributed by atoms with Crippen molar-refractivity contribution in [2.75, 3.05) is 13.1 Å². The smallest absolute Gasteiger partial charge is 0.225 e. The molecule has 1 atom stereocenters. The molecule has 2 aliphatic rings. The summed E-state index contributed by atoms with van der Waals surface area (Å²) in [4.78, 5) is 19.1. The lowest BCUT2D eigenvalue weighted by molar-refractivity contribution is -0.134. The van der Waals surface area contributed by atoms with Gasteiger partial charge in [-0.1, -0.05) is 13.8 Å². The molecule has 1 N–H and O–H groups in total. The van der Waals surface area contributed by atoms with E-state index in [1.807, 2.05) is 0 Å². The van der Waals surface area contributed by atoms with Crippen molar-refractivity contribution in [3.8, 4) is 0 Å². The molecular weight excluding hydrogens is 264 g/mol. The second-order valence-corrected chi connectivity index (χ2v) is 6.57. The Morgan fingerprint density at radius 3 is 2.76 bits per heavy atom. The van der Waals surface area contributed by atoms with Crippen molar-refractivity contribution in [3.63, 3.8) is 0 Å².